The minimum Gasteiger partial charge on any atom is -0.446 e. The van der Waals surface area contributed by atoms with Crippen LogP contribution < -0.4 is 5.32 Å². The number of likely N-dealkylation sites (tertiary alicyclic amines) is 1. The van der Waals surface area contributed by atoms with Crippen LogP contribution in [0.4, 0.5) is 4.79 Å². The standard InChI is InChI=1S/C39H55N7O3/c1-24(2)49-38(48)45-15-8-28(9-16-45)30-12-17-46(23-30)37(40)41-22-27(5)33-32(42-43-34(33)31-19-25(3)18-26(4)20-31)21-39(6,7)36(47)35-29-10-13-44(35)14-11-29/h8-9,15,18-20,24,27,29-30,35H,10-14,16-17,21-23H2,1-7H3,(H2,40,41)(H,42,43)/t27-,30?,35?/m1/s1. The van der Waals surface area contributed by atoms with Gasteiger partial charge >= 0.3 is 6.09 Å². The van der Waals surface area contributed by atoms with Crippen molar-refractivity contribution >= 4 is 17.8 Å². The molecule has 3 atom stereocenters. The molecule has 10 nitrogen and oxygen atoms in total. The molecule has 0 radical (unpaired) electrons. The van der Waals surface area contributed by atoms with Gasteiger partial charge in [-0.25, -0.2) is 4.79 Å². The van der Waals surface area contributed by atoms with Crippen molar-refractivity contribution in [2.24, 2.45) is 17.3 Å². The van der Waals surface area contributed by atoms with E-state index in [1.54, 1.807) is 4.90 Å². The molecule has 3 saturated heterocycles. The molecule has 1 aromatic heterocycles. The lowest BCUT2D eigenvalue weighted by atomic mass is 9.76. The fourth-order valence-corrected chi connectivity index (χ4v) is 8.41. The third-order valence-electron chi connectivity index (χ3n) is 10.9. The predicted octanol–water partition coefficient (Wildman–Crippen LogP) is 6.18. The van der Waals surface area contributed by atoms with E-state index in [1.807, 2.05) is 26.1 Å². The van der Waals surface area contributed by atoms with Crippen LogP contribution in [0.5, 0.6) is 0 Å². The first-order chi connectivity index (χ1) is 23.3. The Kier molecular flexibility index (Phi) is 10.1. The first-order valence-electron chi connectivity index (χ1n) is 18.2. The van der Waals surface area contributed by atoms with Crippen LogP contribution >= 0.6 is 0 Å². The van der Waals surface area contributed by atoms with Gasteiger partial charge in [0.15, 0.2) is 11.7 Å². The average Bonchev–Trinajstić information content (AvgIpc) is 3.86. The Morgan fingerprint density at radius 1 is 1.08 bits per heavy atom. The van der Waals surface area contributed by atoms with Gasteiger partial charge in [-0.1, -0.05) is 44.0 Å². The zero-order chi connectivity index (χ0) is 35.0. The van der Waals surface area contributed by atoms with E-state index in [0.717, 1.165) is 68.0 Å². The van der Waals surface area contributed by atoms with Gasteiger partial charge < -0.3 is 15.0 Å². The lowest BCUT2D eigenvalue weighted by Gasteiger charge is -2.30. The first kappa shape index (κ1) is 34.9. The summed E-state index contributed by atoms with van der Waals surface area (Å²) in [4.78, 5) is 32.4. The van der Waals surface area contributed by atoms with Crippen LogP contribution in [0, 0.1) is 36.5 Å². The highest BCUT2D eigenvalue weighted by Gasteiger charge is 2.48. The number of guanidine groups is 1. The zero-order valence-corrected chi connectivity index (χ0v) is 30.4. The number of H-pyrrole nitrogens is 1. The van der Waals surface area contributed by atoms with Crippen molar-refractivity contribution in [3.8, 4) is 11.3 Å². The normalized spacial score (nSPS) is 24.0. The van der Waals surface area contributed by atoms with Crippen LogP contribution in [0.1, 0.15) is 82.2 Å². The number of ketones is 1. The summed E-state index contributed by atoms with van der Waals surface area (Å²) in [6, 6.07) is 6.61. The van der Waals surface area contributed by atoms with Gasteiger partial charge in [0.25, 0.3) is 0 Å². The summed E-state index contributed by atoms with van der Waals surface area (Å²) >= 11 is 0. The number of aryl methyl sites for hydroxylation is 2. The van der Waals surface area contributed by atoms with E-state index < -0.39 is 5.41 Å². The highest BCUT2D eigenvalue weighted by atomic mass is 16.6. The molecule has 2 bridgehead atoms. The Hall–Kier alpha value is -3.92. The number of allylic oxidation sites excluding steroid dienone is 1. The summed E-state index contributed by atoms with van der Waals surface area (Å²) in [5.41, 5.74) is 7.22. The number of ether oxygens (including phenoxy) is 1. The lowest BCUT2D eigenvalue weighted by molar-refractivity contribution is -0.131. The summed E-state index contributed by atoms with van der Waals surface area (Å²) in [5.74, 6) is 1.61. The van der Waals surface area contributed by atoms with Crippen molar-refractivity contribution in [2.45, 2.75) is 92.2 Å². The minimum atomic E-state index is -0.544. The van der Waals surface area contributed by atoms with Crippen LogP contribution in [0.3, 0.4) is 0 Å². The highest BCUT2D eigenvalue weighted by Crippen LogP contribution is 2.41. The van der Waals surface area contributed by atoms with Crippen molar-refractivity contribution in [3.05, 3.63) is 64.5 Å². The second-order valence-corrected chi connectivity index (χ2v) is 15.7. The Bertz CT molecular complexity index is 1600. The summed E-state index contributed by atoms with van der Waals surface area (Å²) in [6.45, 7) is 19.0. The molecule has 3 fully saturated rings. The van der Waals surface area contributed by atoms with Gasteiger partial charge in [0.2, 0.25) is 0 Å². The van der Waals surface area contributed by atoms with Crippen molar-refractivity contribution in [2.75, 3.05) is 39.3 Å². The number of fused-ring (bicyclic) bond motifs is 2. The molecule has 1 amide bonds. The molecule has 49 heavy (non-hydrogen) atoms. The third-order valence-corrected chi connectivity index (χ3v) is 10.9. The van der Waals surface area contributed by atoms with Crippen molar-refractivity contribution in [3.63, 3.8) is 0 Å². The Balaban J connectivity index is 1.13. The molecule has 2 unspecified atom stereocenters. The smallest absolute Gasteiger partial charge is 0.414 e. The number of nitrogens with zero attached hydrogens (tertiary/aromatic N) is 4. The molecule has 6 rings (SSSR count). The van der Waals surface area contributed by atoms with Crippen molar-refractivity contribution in [1.29, 1.82) is 5.41 Å². The maximum absolute atomic E-state index is 14.0. The maximum Gasteiger partial charge on any atom is 0.414 e. The number of carbonyl (C=O) groups excluding carboxylic acids is 2. The second kappa shape index (κ2) is 14.1. The summed E-state index contributed by atoms with van der Waals surface area (Å²) in [6.07, 6.45) is 9.23. The molecule has 10 heteroatoms. The number of hydrogen-bond donors (Lipinski definition) is 3. The molecule has 4 aliphatic rings. The summed E-state index contributed by atoms with van der Waals surface area (Å²) < 4.78 is 5.33. The number of nitrogens with one attached hydrogen (secondary N) is 3. The number of aromatic nitrogens is 2. The van der Waals surface area contributed by atoms with E-state index in [4.69, 9.17) is 15.2 Å². The number of rotatable bonds is 10. The number of piperidine rings is 1. The average molecular weight is 670 g/mol. The van der Waals surface area contributed by atoms with Gasteiger partial charge in [0.1, 0.15) is 0 Å². The molecular formula is C39H55N7O3. The van der Waals surface area contributed by atoms with E-state index in [2.05, 4.69) is 79.1 Å². The molecule has 0 spiro atoms. The lowest BCUT2D eigenvalue weighted by Crippen LogP contribution is -2.43. The largest absolute Gasteiger partial charge is 0.446 e. The monoisotopic (exact) mass is 669 g/mol. The SMILES string of the molecule is Cc1cc(C)cc(-c2[nH]nc(CC(C)(C)C(=O)C3C4CCN3CC4)c2[C@H](C)CNC(=N)N2CCC(C3=CCN(C(=O)OC(C)C)C=C3)C2)c1. The number of carbonyl (C=O) groups is 2. The number of aromatic amines is 1. The molecular weight excluding hydrogens is 614 g/mol. The van der Waals surface area contributed by atoms with Gasteiger partial charge in [-0.2, -0.15) is 5.10 Å². The molecule has 1 aromatic carbocycles. The fourth-order valence-electron chi connectivity index (χ4n) is 8.41. The van der Waals surface area contributed by atoms with E-state index in [0.29, 0.717) is 43.1 Å². The Morgan fingerprint density at radius 3 is 2.41 bits per heavy atom. The van der Waals surface area contributed by atoms with E-state index in [-0.39, 0.29) is 24.2 Å². The van der Waals surface area contributed by atoms with Crippen molar-refractivity contribution in [1.82, 2.24) is 30.2 Å². The second-order valence-electron chi connectivity index (χ2n) is 15.7. The van der Waals surface area contributed by atoms with Crippen LogP contribution in [-0.2, 0) is 16.0 Å². The van der Waals surface area contributed by atoms with Crippen LogP contribution in [-0.4, -0.2) is 94.1 Å². The molecule has 264 valence electrons. The fraction of sp³-hybridized carbons (Fsp3) is 0.590. The maximum atomic E-state index is 14.0. The number of benzene rings is 1. The van der Waals surface area contributed by atoms with E-state index in [1.165, 1.54) is 16.7 Å². The Labute approximate surface area is 291 Å². The zero-order valence-electron chi connectivity index (χ0n) is 30.4. The molecule has 5 heterocycles. The molecule has 0 aliphatic carbocycles. The van der Waals surface area contributed by atoms with Gasteiger partial charge in [-0.3, -0.25) is 25.1 Å². The highest BCUT2D eigenvalue weighted by molar-refractivity contribution is 5.90. The first-order valence-corrected chi connectivity index (χ1v) is 18.2. The number of hydrogen-bond acceptors (Lipinski definition) is 6. The van der Waals surface area contributed by atoms with Gasteiger partial charge in [-0.05, 0) is 89.7 Å². The number of amides is 1. The topological polar surface area (TPSA) is 118 Å². The molecule has 2 aromatic rings. The van der Waals surface area contributed by atoms with Gasteiger partial charge in [0.05, 0.1) is 23.5 Å². The summed E-state index contributed by atoms with van der Waals surface area (Å²) in [7, 11) is 0. The van der Waals surface area contributed by atoms with Crippen LogP contribution in [0.15, 0.2) is 42.1 Å². The Morgan fingerprint density at radius 2 is 1.80 bits per heavy atom. The van der Waals surface area contributed by atoms with Crippen LogP contribution in [0.25, 0.3) is 11.3 Å². The molecule has 4 aliphatic heterocycles. The van der Waals surface area contributed by atoms with E-state index >= 15 is 0 Å². The van der Waals surface area contributed by atoms with E-state index in [9.17, 15) is 9.59 Å². The predicted molar refractivity (Wildman–Crippen MR) is 193 cm³/mol. The third kappa shape index (κ3) is 7.49. The van der Waals surface area contributed by atoms with Gasteiger partial charge in [0, 0.05) is 67.2 Å². The number of Topliss-reactive ketones (excluding diaryl/α,β-unsaturated/α-hetero) is 1. The van der Waals surface area contributed by atoms with Crippen LogP contribution in [0.2, 0.25) is 0 Å². The van der Waals surface area contributed by atoms with Crippen molar-refractivity contribution < 1.29 is 14.3 Å². The quantitative estimate of drug-likeness (QED) is 0.205. The molecule has 0 saturated carbocycles. The van der Waals surface area contributed by atoms with Gasteiger partial charge in [-0.15, -0.1) is 0 Å². The summed E-state index contributed by atoms with van der Waals surface area (Å²) in [5, 5.41) is 20.7. The minimum absolute atomic E-state index is 0.0420. The molecule has 3 N–H and O–H groups in total.